The Morgan fingerprint density at radius 3 is 0.879 bits per heavy atom. The topological polar surface area (TPSA) is 32.3 Å². The van der Waals surface area contributed by atoms with Crippen LogP contribution in [-0.2, 0) is 43.3 Å². The molecule has 99 heavy (non-hydrogen) atoms. The van der Waals surface area contributed by atoms with Gasteiger partial charge in [-0.1, -0.05) is 275 Å². The molecule has 0 saturated carbocycles. The lowest BCUT2D eigenvalue weighted by Crippen LogP contribution is -2.61. The van der Waals surface area contributed by atoms with Crippen molar-refractivity contribution in [3.8, 4) is 33.9 Å². The number of aromatic nitrogens is 2. The highest BCUT2D eigenvalue weighted by molar-refractivity contribution is 7.00. The molecule has 2 aliphatic rings. The monoisotopic (exact) mass is 1300 g/mol. The molecule has 0 bridgehead atoms. The molecule has 2 aliphatic heterocycles. The van der Waals surface area contributed by atoms with Crippen LogP contribution in [0.25, 0.3) is 77.0 Å². The number of fused-ring (bicyclic) bond motifs is 10. The lowest BCUT2D eigenvalue weighted by Gasteiger charge is -2.45. The number of nitrogens with zero attached hydrogens (tertiary/aromatic N) is 4. The SMILES string of the molecule is CC(C)(C)c1cc(-c2cc(-c3cc4c5c(c3)N(c3cc(C(C)(C)C)cc(C(C)(C)C)c3)c3cc6ccc7ccccc7c6cc3B5c3cc5c(ccc6ccccc65)cc3N4c3cc(C(C)(C)C)cc(C(C)(C)C)c3)nc(-c3cc(C(C)(C)C)cc(C(C)(C)C)c3)n2)cc(C(C)(C)C)c1. The molecule has 0 amide bonds. The summed E-state index contributed by atoms with van der Waals surface area (Å²) in [6.07, 6.45) is 0. The zero-order chi connectivity index (χ0) is 71.0. The first-order valence-electron chi connectivity index (χ1n) is 36.3. The number of hydrogen-bond acceptors (Lipinski definition) is 4. The molecule has 3 heterocycles. The van der Waals surface area contributed by atoms with Crippen LogP contribution in [0.2, 0.25) is 0 Å². The molecule has 1 aromatic heterocycles. The van der Waals surface area contributed by atoms with E-state index >= 15 is 0 Å². The summed E-state index contributed by atoms with van der Waals surface area (Å²) in [5.41, 5.74) is 24.8. The van der Waals surface area contributed by atoms with Crippen LogP contribution in [0.1, 0.15) is 211 Å². The van der Waals surface area contributed by atoms with Gasteiger partial charge in [-0.15, -0.1) is 0 Å². The first-order chi connectivity index (χ1) is 46.1. The largest absolute Gasteiger partial charge is 0.311 e. The van der Waals surface area contributed by atoms with Crippen LogP contribution in [0.3, 0.4) is 0 Å². The molecule has 0 aliphatic carbocycles. The fourth-order valence-electron chi connectivity index (χ4n) is 15.0. The van der Waals surface area contributed by atoms with Crippen molar-refractivity contribution >= 4 is 100 Å². The Morgan fingerprint density at radius 1 is 0.253 bits per heavy atom. The van der Waals surface area contributed by atoms with E-state index in [1.807, 2.05) is 0 Å². The van der Waals surface area contributed by atoms with Gasteiger partial charge in [-0.25, -0.2) is 9.97 Å². The molecule has 502 valence electrons. The minimum atomic E-state index is -0.197. The maximum absolute atomic E-state index is 6.01. The van der Waals surface area contributed by atoms with Gasteiger partial charge in [-0.3, -0.25) is 0 Å². The molecule has 0 fully saturated rings. The number of rotatable bonds is 5. The maximum Gasteiger partial charge on any atom is 0.252 e. The van der Waals surface area contributed by atoms with Gasteiger partial charge in [0.2, 0.25) is 0 Å². The second kappa shape index (κ2) is 22.9. The summed E-state index contributed by atoms with van der Waals surface area (Å²) in [7, 11) is 0. The minimum absolute atomic E-state index is 0.125. The average Bonchev–Trinajstić information content (AvgIpc) is 0.687. The van der Waals surface area contributed by atoms with Crippen LogP contribution in [-0.4, -0.2) is 16.7 Å². The molecule has 0 saturated heterocycles. The Hall–Kier alpha value is -8.80. The van der Waals surface area contributed by atoms with Crippen molar-refractivity contribution in [1.29, 1.82) is 0 Å². The summed E-state index contributed by atoms with van der Waals surface area (Å²) < 4.78 is 0. The van der Waals surface area contributed by atoms with Crippen LogP contribution in [0.5, 0.6) is 0 Å². The van der Waals surface area contributed by atoms with E-state index in [1.54, 1.807) is 0 Å². The zero-order valence-electron chi connectivity index (χ0n) is 63.8. The first-order valence-corrected chi connectivity index (χ1v) is 36.3. The molecule has 14 rings (SSSR count). The van der Waals surface area contributed by atoms with Crippen molar-refractivity contribution in [2.75, 3.05) is 9.80 Å². The highest BCUT2D eigenvalue weighted by Gasteiger charge is 2.45. The van der Waals surface area contributed by atoms with E-state index in [1.165, 1.54) is 115 Å². The third kappa shape index (κ3) is 12.3. The predicted octanol–water partition coefficient (Wildman–Crippen LogP) is 24.6. The summed E-state index contributed by atoms with van der Waals surface area (Å²) in [5.74, 6) is 0.712. The van der Waals surface area contributed by atoms with Gasteiger partial charge in [0.05, 0.1) is 11.4 Å². The quantitative estimate of drug-likeness (QED) is 0.127. The van der Waals surface area contributed by atoms with E-state index in [9.17, 15) is 0 Å². The lowest BCUT2D eigenvalue weighted by atomic mass is 9.33. The van der Waals surface area contributed by atoms with Crippen molar-refractivity contribution in [3.05, 3.63) is 233 Å². The van der Waals surface area contributed by atoms with Crippen molar-refractivity contribution in [2.24, 2.45) is 0 Å². The van der Waals surface area contributed by atoms with E-state index in [0.717, 1.165) is 50.8 Å². The molecular formula is C94H103BN4. The van der Waals surface area contributed by atoms with Crippen molar-refractivity contribution in [2.45, 2.75) is 209 Å². The number of benzene rings is 11. The van der Waals surface area contributed by atoms with Crippen molar-refractivity contribution in [3.63, 3.8) is 0 Å². The molecule has 0 N–H and O–H groups in total. The molecule has 0 radical (unpaired) electrons. The van der Waals surface area contributed by atoms with Crippen molar-refractivity contribution in [1.82, 2.24) is 9.97 Å². The molecule has 4 nitrogen and oxygen atoms in total. The maximum atomic E-state index is 6.01. The smallest absolute Gasteiger partial charge is 0.252 e. The van der Waals surface area contributed by atoms with Crippen LogP contribution in [0.4, 0.5) is 34.1 Å². The summed E-state index contributed by atoms with van der Waals surface area (Å²) in [4.78, 5) is 17.2. The van der Waals surface area contributed by atoms with Gasteiger partial charge >= 0.3 is 0 Å². The molecular weight excluding hydrogens is 1200 g/mol. The Balaban J connectivity index is 1.20. The van der Waals surface area contributed by atoms with Gasteiger partial charge in [-0.05, 0) is 226 Å². The highest BCUT2D eigenvalue weighted by atomic mass is 15.2. The van der Waals surface area contributed by atoms with Crippen LogP contribution in [0.15, 0.2) is 188 Å². The summed E-state index contributed by atoms with van der Waals surface area (Å²) >= 11 is 0. The first kappa shape index (κ1) is 67.4. The number of hydrogen-bond donors (Lipinski definition) is 0. The fraction of sp³-hybridized carbons (Fsp3) is 0.340. The Kier molecular flexibility index (Phi) is 15.6. The van der Waals surface area contributed by atoms with Gasteiger partial charge in [0.1, 0.15) is 0 Å². The van der Waals surface area contributed by atoms with Crippen LogP contribution >= 0.6 is 0 Å². The summed E-state index contributed by atoms with van der Waals surface area (Å²) in [6.45, 7) is 56.2. The standard InChI is InChI=1S/C94H103BN4/c1-87(2,3)63-37-60(38-64(45-63)88(4,5)6)79-55-80(97-86(96-79)62-39-65(89(7,8)9)46-66(40-62)90(10,11)12)61-43-83-85-84(44-61)99(72-51-69(93(19,20)21)48-70(52-72)94(22,23)24)82-42-59-36-34-57-30-26-28-32-74(57)76(59)54-78(82)95(85)77-53-75-58(35-33-56-29-25-27-31-73(56)75)41-81(77)98(83)71-49-67(91(13,14)15)47-68(50-71)92(16,17)18/h25-55H,1-24H3. The van der Waals surface area contributed by atoms with Gasteiger partial charge in [0.25, 0.3) is 6.71 Å². The van der Waals surface area contributed by atoms with Gasteiger partial charge < -0.3 is 9.80 Å². The lowest BCUT2D eigenvalue weighted by molar-refractivity contribution is 0.568. The highest BCUT2D eigenvalue weighted by Crippen LogP contribution is 2.51. The minimum Gasteiger partial charge on any atom is -0.311 e. The number of anilines is 6. The molecule has 11 aromatic carbocycles. The molecule has 0 atom stereocenters. The average molecular weight is 1300 g/mol. The molecule has 5 heteroatoms. The Bertz CT molecular complexity index is 4840. The van der Waals surface area contributed by atoms with E-state index in [0.29, 0.717) is 5.82 Å². The van der Waals surface area contributed by atoms with E-state index in [4.69, 9.17) is 9.97 Å². The Labute approximate surface area is 592 Å². The Morgan fingerprint density at radius 2 is 0.545 bits per heavy atom. The van der Waals surface area contributed by atoms with Gasteiger partial charge in [-0.2, -0.15) is 0 Å². The fourth-order valence-corrected chi connectivity index (χ4v) is 15.0. The zero-order valence-corrected chi connectivity index (χ0v) is 63.8. The third-order valence-corrected chi connectivity index (χ3v) is 21.5. The summed E-state index contributed by atoms with van der Waals surface area (Å²) in [5, 5.41) is 9.92. The van der Waals surface area contributed by atoms with E-state index in [-0.39, 0.29) is 50.0 Å². The van der Waals surface area contributed by atoms with Crippen LogP contribution < -0.4 is 26.2 Å². The van der Waals surface area contributed by atoms with Gasteiger partial charge in [0.15, 0.2) is 5.82 Å². The molecule has 12 aromatic rings. The summed E-state index contributed by atoms with van der Waals surface area (Å²) in [6, 6.07) is 74.2. The third-order valence-electron chi connectivity index (χ3n) is 21.5. The predicted molar refractivity (Wildman–Crippen MR) is 432 cm³/mol. The van der Waals surface area contributed by atoms with Gasteiger partial charge in [0, 0.05) is 50.8 Å². The second-order valence-corrected chi connectivity index (χ2v) is 37.5. The van der Waals surface area contributed by atoms with Crippen LogP contribution in [0, 0.1) is 0 Å². The second-order valence-electron chi connectivity index (χ2n) is 37.5. The van der Waals surface area contributed by atoms with Crippen molar-refractivity contribution < 1.29 is 0 Å². The normalized spacial score (nSPS) is 14.0. The van der Waals surface area contributed by atoms with E-state index in [2.05, 4.69) is 364 Å². The molecule has 0 unspecified atom stereocenters. The molecule has 0 spiro atoms. The van der Waals surface area contributed by atoms with E-state index < -0.39 is 0 Å².